The zero-order valence-electron chi connectivity index (χ0n) is 16.4. The molecule has 2 N–H and O–H groups in total. The van der Waals surface area contributed by atoms with Crippen LogP contribution < -0.4 is 5.32 Å². The molecule has 0 unspecified atom stereocenters. The van der Waals surface area contributed by atoms with Gasteiger partial charge in [0, 0.05) is 10.6 Å². The van der Waals surface area contributed by atoms with Crippen molar-refractivity contribution in [3.63, 3.8) is 0 Å². The van der Waals surface area contributed by atoms with E-state index in [0.717, 1.165) is 19.1 Å². The van der Waals surface area contributed by atoms with E-state index in [9.17, 15) is 27.2 Å². The maximum Gasteiger partial charge on any atom is 0.392 e. The number of benzene rings is 2. The molecule has 1 amide bonds. The Hall–Kier alpha value is -2.32. The molecule has 0 aliphatic carbocycles. The van der Waals surface area contributed by atoms with Crippen LogP contribution in [0.1, 0.15) is 30.9 Å². The molecule has 2 aromatic carbocycles. The van der Waals surface area contributed by atoms with Gasteiger partial charge in [-0.2, -0.15) is 13.2 Å². The number of carbonyl (C=O) groups excluding carboxylic acids is 1. The summed E-state index contributed by atoms with van der Waals surface area (Å²) in [7, 11) is 0. The van der Waals surface area contributed by atoms with Crippen molar-refractivity contribution in [3.8, 4) is 0 Å². The third-order valence-corrected chi connectivity index (χ3v) is 5.41. The molecule has 0 saturated heterocycles. The van der Waals surface area contributed by atoms with E-state index in [0.29, 0.717) is 5.56 Å². The Morgan fingerprint density at radius 3 is 2.29 bits per heavy atom. The highest BCUT2D eigenvalue weighted by Gasteiger charge is 2.45. The lowest BCUT2D eigenvalue weighted by Crippen LogP contribution is -2.35. The van der Waals surface area contributed by atoms with Crippen molar-refractivity contribution >= 4 is 40.8 Å². The third-order valence-electron chi connectivity index (χ3n) is 4.85. The number of nitrogens with one attached hydrogen (secondary N) is 1. The molecule has 168 valence electrons. The van der Waals surface area contributed by atoms with Crippen molar-refractivity contribution in [2.45, 2.75) is 32.4 Å². The highest BCUT2D eigenvalue weighted by Crippen LogP contribution is 2.40. The van der Waals surface area contributed by atoms with Crippen LogP contribution in [0.3, 0.4) is 0 Å². The summed E-state index contributed by atoms with van der Waals surface area (Å²) < 4.78 is 54.7. The molecule has 3 atom stereocenters. The van der Waals surface area contributed by atoms with Gasteiger partial charge in [-0.15, -0.1) is 0 Å². The summed E-state index contributed by atoms with van der Waals surface area (Å²) in [6.07, 6.45) is -4.67. The number of hydrogen-bond donors (Lipinski definition) is 2. The van der Waals surface area contributed by atoms with Gasteiger partial charge in [0.2, 0.25) is 5.91 Å². The van der Waals surface area contributed by atoms with Crippen LogP contribution in [0.15, 0.2) is 36.4 Å². The van der Waals surface area contributed by atoms with Gasteiger partial charge in [0.1, 0.15) is 5.82 Å². The van der Waals surface area contributed by atoms with Gasteiger partial charge in [0.25, 0.3) is 0 Å². The molecule has 0 heterocycles. The number of rotatable bonds is 7. The Morgan fingerprint density at radius 1 is 1.10 bits per heavy atom. The van der Waals surface area contributed by atoms with Crippen molar-refractivity contribution in [2.75, 3.05) is 5.32 Å². The van der Waals surface area contributed by atoms with E-state index in [-0.39, 0.29) is 22.2 Å². The Bertz CT molecular complexity index is 982. The molecule has 2 aromatic rings. The largest absolute Gasteiger partial charge is 0.481 e. The van der Waals surface area contributed by atoms with Crippen LogP contribution in [0, 0.1) is 17.7 Å². The number of anilines is 1. The van der Waals surface area contributed by atoms with Gasteiger partial charge in [-0.05, 0) is 36.2 Å². The van der Waals surface area contributed by atoms with Crippen molar-refractivity contribution in [2.24, 2.45) is 11.8 Å². The van der Waals surface area contributed by atoms with Crippen LogP contribution in [0.5, 0.6) is 0 Å². The quantitative estimate of drug-likeness (QED) is 0.456. The Morgan fingerprint density at radius 2 is 1.74 bits per heavy atom. The second kappa shape index (κ2) is 9.87. The van der Waals surface area contributed by atoms with Crippen LogP contribution in [0.2, 0.25) is 10.0 Å². The molecule has 4 nitrogen and oxygen atoms in total. The normalized spacial score (nSPS) is 14.6. The summed E-state index contributed by atoms with van der Waals surface area (Å²) in [4.78, 5) is 23.9. The molecule has 0 fully saturated rings. The van der Waals surface area contributed by atoms with E-state index in [1.165, 1.54) is 25.1 Å². The highest BCUT2D eigenvalue weighted by molar-refractivity contribution is 6.33. The molecule has 0 radical (unpaired) electrons. The van der Waals surface area contributed by atoms with Gasteiger partial charge in [0.15, 0.2) is 0 Å². The average molecular weight is 480 g/mol. The fraction of sp³-hybridized carbons (Fsp3) is 0.333. The van der Waals surface area contributed by atoms with Crippen molar-refractivity contribution in [1.82, 2.24) is 0 Å². The minimum atomic E-state index is -4.78. The van der Waals surface area contributed by atoms with E-state index < -0.39 is 47.2 Å². The first-order chi connectivity index (χ1) is 14.3. The average Bonchev–Trinajstić information content (AvgIpc) is 2.65. The molecule has 2 rings (SSSR count). The van der Waals surface area contributed by atoms with E-state index in [1.54, 1.807) is 6.07 Å². The maximum atomic E-state index is 14.4. The predicted molar refractivity (Wildman–Crippen MR) is 110 cm³/mol. The second-order valence-corrected chi connectivity index (χ2v) is 8.06. The lowest BCUT2D eigenvalue weighted by Gasteiger charge is -2.26. The summed E-state index contributed by atoms with van der Waals surface area (Å²) >= 11 is 11.7. The highest BCUT2D eigenvalue weighted by atomic mass is 35.5. The van der Waals surface area contributed by atoms with Crippen LogP contribution in [-0.4, -0.2) is 23.2 Å². The molecule has 0 spiro atoms. The van der Waals surface area contributed by atoms with Crippen LogP contribution in [0.25, 0.3) is 0 Å². The van der Waals surface area contributed by atoms with Gasteiger partial charge < -0.3 is 10.4 Å². The van der Waals surface area contributed by atoms with Crippen molar-refractivity contribution in [1.29, 1.82) is 0 Å². The molecule has 0 bridgehead atoms. The smallest absolute Gasteiger partial charge is 0.392 e. The summed E-state index contributed by atoms with van der Waals surface area (Å²) in [6.45, 7) is 2.27. The van der Waals surface area contributed by atoms with Crippen LogP contribution in [-0.2, 0) is 16.0 Å². The fourth-order valence-corrected chi connectivity index (χ4v) is 3.35. The fourth-order valence-electron chi connectivity index (χ4n) is 3.03. The second-order valence-electron chi connectivity index (χ2n) is 7.22. The number of aliphatic carboxylic acids is 1. The van der Waals surface area contributed by atoms with Crippen LogP contribution >= 0.6 is 23.2 Å². The minimum Gasteiger partial charge on any atom is -0.481 e. The van der Waals surface area contributed by atoms with E-state index in [1.807, 2.05) is 0 Å². The molecule has 0 aliphatic heterocycles. The van der Waals surface area contributed by atoms with Gasteiger partial charge in [-0.1, -0.05) is 49.2 Å². The number of carboxylic acids is 1. The van der Waals surface area contributed by atoms with E-state index >= 15 is 0 Å². The first-order valence-electron chi connectivity index (χ1n) is 9.15. The monoisotopic (exact) mass is 479 g/mol. The molecule has 0 aromatic heterocycles. The van der Waals surface area contributed by atoms with E-state index in [2.05, 4.69) is 5.32 Å². The Balaban J connectivity index is 2.41. The number of carbonyl (C=O) groups is 2. The molecule has 31 heavy (non-hydrogen) atoms. The first-order valence-corrected chi connectivity index (χ1v) is 9.90. The Labute approximate surface area is 186 Å². The summed E-state index contributed by atoms with van der Waals surface area (Å²) in [5.41, 5.74) is 0.0432. The number of alkyl halides is 3. The van der Waals surface area contributed by atoms with Crippen LogP contribution in [0.4, 0.5) is 23.2 Å². The van der Waals surface area contributed by atoms with Gasteiger partial charge >= 0.3 is 12.1 Å². The molecule has 0 aliphatic rings. The van der Waals surface area contributed by atoms with E-state index in [4.69, 9.17) is 28.3 Å². The standard InChI is InChI=1S/C21H19Cl2F4NO3/c1-10(20(30)31)7-12-3-6-15(23)17(8-12)28-19(29)18(11(2)21(25,26)27)14-5-4-13(22)9-16(14)24/h3-6,8-11,18H,7H2,1-2H3,(H,28,29)(H,30,31)/t10-,11+,18-/m0/s1. The first kappa shape index (κ1) is 24.9. The van der Waals surface area contributed by atoms with Gasteiger partial charge in [-0.25, -0.2) is 4.39 Å². The summed E-state index contributed by atoms with van der Waals surface area (Å²) in [5, 5.41) is 11.4. The number of hydrogen-bond acceptors (Lipinski definition) is 2. The molecule has 0 saturated carbocycles. The molecule has 10 heteroatoms. The summed E-state index contributed by atoms with van der Waals surface area (Å²) in [6, 6.07) is 7.40. The van der Waals surface area contributed by atoms with Gasteiger partial charge in [0.05, 0.1) is 28.5 Å². The maximum absolute atomic E-state index is 14.4. The lowest BCUT2D eigenvalue weighted by atomic mass is 9.85. The molecular weight excluding hydrogens is 461 g/mol. The zero-order chi connectivity index (χ0) is 23.5. The number of carboxylic acid groups (broad SMARTS) is 1. The van der Waals surface area contributed by atoms with Crippen molar-refractivity contribution < 1.29 is 32.3 Å². The topological polar surface area (TPSA) is 66.4 Å². The SMILES string of the molecule is C[C@H]([C@H](C(=O)Nc1cc(C[C@H](C)C(=O)O)ccc1Cl)c1ccc(Cl)cc1F)C(F)(F)F. The Kier molecular flexibility index (Phi) is 7.94. The lowest BCUT2D eigenvalue weighted by molar-refractivity contribution is -0.178. The minimum absolute atomic E-state index is 0.00417. The number of amides is 1. The third kappa shape index (κ3) is 6.33. The molecular formula is C21H19Cl2F4NO3. The number of halogens is 6. The van der Waals surface area contributed by atoms with Gasteiger partial charge in [-0.3, -0.25) is 9.59 Å². The summed E-state index contributed by atoms with van der Waals surface area (Å²) in [5.74, 6) is -8.04. The van der Waals surface area contributed by atoms with Crippen molar-refractivity contribution in [3.05, 3.63) is 63.4 Å². The predicted octanol–water partition coefficient (Wildman–Crippen LogP) is 6.32. The zero-order valence-corrected chi connectivity index (χ0v) is 17.9.